The summed E-state index contributed by atoms with van der Waals surface area (Å²) in [5, 5.41) is 11.5. The van der Waals surface area contributed by atoms with Gasteiger partial charge in [0.25, 0.3) is 0 Å². The Hall–Kier alpha value is -3.03. The topological polar surface area (TPSA) is 53.8 Å². The maximum atomic E-state index is 10.3. The quantitative estimate of drug-likeness (QED) is 0.408. The summed E-state index contributed by atoms with van der Waals surface area (Å²) >= 11 is 0. The Morgan fingerprint density at radius 2 is 1.71 bits per heavy atom. The zero-order chi connectivity index (χ0) is 24.4. The van der Waals surface area contributed by atoms with Gasteiger partial charge in [0.1, 0.15) is 5.65 Å². The molecule has 0 saturated carbocycles. The van der Waals surface area contributed by atoms with Gasteiger partial charge >= 0.3 is 0 Å². The molecule has 0 aliphatic carbocycles. The summed E-state index contributed by atoms with van der Waals surface area (Å²) in [4.78, 5) is 9.64. The molecule has 0 bridgehead atoms. The van der Waals surface area contributed by atoms with Gasteiger partial charge in [0.15, 0.2) is 5.79 Å². The van der Waals surface area contributed by atoms with Crippen molar-refractivity contribution in [3.63, 3.8) is 0 Å². The standard InChI is InChI=1S/C29H34N4O2/c1-29(34,35-3)25-9-7-22(8-10-25)21-33-14-12-27-26(11-13-30-28(27)33)24-6-4-5-23(19-24)20-32-17-15-31(2)16-18-32/h4-14,19,34H,15-18,20-21H2,1-3H3. The number of ether oxygens (including phenoxy) is 1. The van der Waals surface area contributed by atoms with Gasteiger partial charge < -0.3 is 19.3 Å². The molecule has 4 aromatic rings. The van der Waals surface area contributed by atoms with Gasteiger partial charge in [0.2, 0.25) is 0 Å². The molecule has 0 amide bonds. The third-order valence-corrected chi connectivity index (χ3v) is 7.14. The van der Waals surface area contributed by atoms with Gasteiger partial charge in [-0.15, -0.1) is 0 Å². The zero-order valence-electron chi connectivity index (χ0n) is 20.8. The Balaban J connectivity index is 1.37. The van der Waals surface area contributed by atoms with E-state index in [9.17, 15) is 5.11 Å². The van der Waals surface area contributed by atoms with Gasteiger partial charge in [-0.2, -0.15) is 0 Å². The van der Waals surface area contributed by atoms with Crippen molar-refractivity contribution < 1.29 is 9.84 Å². The first-order chi connectivity index (χ1) is 16.9. The SMILES string of the molecule is COC(C)(O)c1ccc(Cn2ccc3c(-c4cccc(CN5CCN(C)CC5)c4)ccnc32)cc1. The fraction of sp³-hybridized carbons (Fsp3) is 0.345. The number of methoxy groups -OCH3 is 1. The van der Waals surface area contributed by atoms with E-state index in [4.69, 9.17) is 9.72 Å². The molecular formula is C29H34N4O2. The smallest absolute Gasteiger partial charge is 0.189 e. The molecular weight excluding hydrogens is 436 g/mol. The molecule has 1 fully saturated rings. The van der Waals surface area contributed by atoms with Crippen LogP contribution in [-0.2, 0) is 23.6 Å². The highest BCUT2D eigenvalue weighted by molar-refractivity contribution is 5.93. The molecule has 3 heterocycles. The van der Waals surface area contributed by atoms with Crippen LogP contribution in [0.25, 0.3) is 22.2 Å². The van der Waals surface area contributed by atoms with Crippen molar-refractivity contribution in [1.29, 1.82) is 0 Å². The number of benzene rings is 2. The van der Waals surface area contributed by atoms with Gasteiger partial charge in [-0.25, -0.2) is 4.98 Å². The molecule has 6 nitrogen and oxygen atoms in total. The predicted molar refractivity (Wildman–Crippen MR) is 140 cm³/mol. The highest BCUT2D eigenvalue weighted by Gasteiger charge is 2.21. The van der Waals surface area contributed by atoms with Crippen LogP contribution in [0.15, 0.2) is 73.1 Å². The van der Waals surface area contributed by atoms with Crippen molar-refractivity contribution >= 4 is 11.0 Å². The highest BCUT2D eigenvalue weighted by atomic mass is 16.6. The molecule has 0 radical (unpaired) electrons. The molecule has 1 atom stereocenters. The summed E-state index contributed by atoms with van der Waals surface area (Å²) in [5.74, 6) is -1.28. The van der Waals surface area contributed by atoms with Gasteiger partial charge in [-0.1, -0.05) is 42.5 Å². The average Bonchev–Trinajstić information content (AvgIpc) is 3.29. The van der Waals surface area contributed by atoms with Gasteiger partial charge in [0, 0.05) is 69.7 Å². The second-order valence-electron chi connectivity index (χ2n) is 9.70. The molecule has 1 unspecified atom stereocenters. The van der Waals surface area contributed by atoms with E-state index in [0.29, 0.717) is 6.54 Å². The van der Waals surface area contributed by atoms with E-state index < -0.39 is 5.79 Å². The van der Waals surface area contributed by atoms with E-state index in [1.807, 2.05) is 30.5 Å². The van der Waals surface area contributed by atoms with Crippen LogP contribution >= 0.6 is 0 Å². The monoisotopic (exact) mass is 470 g/mol. The van der Waals surface area contributed by atoms with Crippen LogP contribution < -0.4 is 0 Å². The number of piperazine rings is 1. The van der Waals surface area contributed by atoms with Crippen molar-refractivity contribution in [2.45, 2.75) is 25.8 Å². The highest BCUT2D eigenvalue weighted by Crippen LogP contribution is 2.30. The van der Waals surface area contributed by atoms with Gasteiger partial charge in [-0.05, 0) is 54.4 Å². The van der Waals surface area contributed by atoms with E-state index in [0.717, 1.165) is 54.9 Å². The average molecular weight is 471 g/mol. The van der Waals surface area contributed by atoms with Crippen molar-refractivity contribution in [2.75, 3.05) is 40.3 Å². The number of nitrogens with zero attached hydrogens (tertiary/aromatic N) is 4. The zero-order valence-corrected chi connectivity index (χ0v) is 20.8. The van der Waals surface area contributed by atoms with E-state index in [1.165, 1.54) is 23.8 Å². The Labute approximate surface area is 207 Å². The summed E-state index contributed by atoms with van der Waals surface area (Å²) in [5.41, 5.74) is 6.63. The molecule has 35 heavy (non-hydrogen) atoms. The predicted octanol–water partition coefficient (Wildman–Crippen LogP) is 4.31. The van der Waals surface area contributed by atoms with E-state index >= 15 is 0 Å². The van der Waals surface area contributed by atoms with Gasteiger partial charge in [-0.3, -0.25) is 4.90 Å². The number of hydrogen-bond donors (Lipinski definition) is 1. The molecule has 1 aliphatic rings. The lowest BCUT2D eigenvalue weighted by molar-refractivity contribution is -0.179. The minimum Gasteiger partial charge on any atom is -0.362 e. The lowest BCUT2D eigenvalue weighted by Gasteiger charge is -2.32. The lowest BCUT2D eigenvalue weighted by atomic mass is 10.0. The first-order valence-corrected chi connectivity index (χ1v) is 12.2. The van der Waals surface area contributed by atoms with Gasteiger partial charge in [0.05, 0.1) is 0 Å². The normalized spacial score (nSPS) is 17.0. The summed E-state index contributed by atoms with van der Waals surface area (Å²) < 4.78 is 7.35. The molecule has 1 aliphatic heterocycles. The summed E-state index contributed by atoms with van der Waals surface area (Å²) in [7, 11) is 3.70. The van der Waals surface area contributed by atoms with Crippen molar-refractivity contribution in [3.05, 3.63) is 89.7 Å². The Kier molecular flexibility index (Phi) is 6.71. The third-order valence-electron chi connectivity index (χ3n) is 7.14. The minimum absolute atomic E-state index is 0.707. The largest absolute Gasteiger partial charge is 0.362 e. The summed E-state index contributed by atoms with van der Waals surface area (Å²) in [6, 6.07) is 21.1. The van der Waals surface area contributed by atoms with Crippen molar-refractivity contribution in [2.24, 2.45) is 0 Å². The lowest BCUT2D eigenvalue weighted by Crippen LogP contribution is -2.43. The molecule has 0 spiro atoms. The molecule has 1 N–H and O–H groups in total. The van der Waals surface area contributed by atoms with Crippen LogP contribution in [0.4, 0.5) is 0 Å². The Morgan fingerprint density at radius 3 is 2.46 bits per heavy atom. The fourth-order valence-corrected chi connectivity index (χ4v) is 4.81. The van der Waals surface area contributed by atoms with E-state index in [-0.39, 0.29) is 0 Å². The van der Waals surface area contributed by atoms with Crippen LogP contribution in [0.1, 0.15) is 23.6 Å². The summed E-state index contributed by atoms with van der Waals surface area (Å²) in [6.07, 6.45) is 4.01. The number of aromatic nitrogens is 2. The van der Waals surface area contributed by atoms with Crippen molar-refractivity contribution in [1.82, 2.24) is 19.4 Å². The van der Waals surface area contributed by atoms with E-state index in [1.54, 1.807) is 6.92 Å². The molecule has 182 valence electrons. The van der Waals surface area contributed by atoms with Crippen LogP contribution in [0, 0.1) is 0 Å². The summed E-state index contributed by atoms with van der Waals surface area (Å²) in [6.45, 7) is 7.84. The minimum atomic E-state index is -1.28. The molecule has 2 aromatic heterocycles. The van der Waals surface area contributed by atoms with Crippen LogP contribution in [0.3, 0.4) is 0 Å². The number of pyridine rings is 1. The second-order valence-corrected chi connectivity index (χ2v) is 9.70. The molecule has 5 rings (SSSR count). The number of hydrogen-bond acceptors (Lipinski definition) is 5. The Bertz CT molecular complexity index is 1290. The number of fused-ring (bicyclic) bond motifs is 1. The van der Waals surface area contributed by atoms with E-state index in [2.05, 4.69) is 64.0 Å². The number of likely N-dealkylation sites (N-methyl/N-ethyl adjacent to an activating group) is 1. The van der Waals surface area contributed by atoms with Crippen LogP contribution in [0.2, 0.25) is 0 Å². The number of aliphatic hydroxyl groups is 1. The Morgan fingerprint density at radius 1 is 0.943 bits per heavy atom. The third kappa shape index (κ3) is 5.16. The van der Waals surface area contributed by atoms with Crippen LogP contribution in [-0.4, -0.2) is 64.8 Å². The fourth-order valence-electron chi connectivity index (χ4n) is 4.81. The maximum absolute atomic E-state index is 10.3. The maximum Gasteiger partial charge on any atom is 0.189 e. The van der Waals surface area contributed by atoms with Crippen molar-refractivity contribution in [3.8, 4) is 11.1 Å². The first kappa shape index (κ1) is 23.7. The molecule has 6 heteroatoms. The first-order valence-electron chi connectivity index (χ1n) is 12.2. The second kappa shape index (κ2) is 9.91. The molecule has 2 aromatic carbocycles. The number of rotatable bonds is 7. The molecule has 1 saturated heterocycles. The van der Waals surface area contributed by atoms with Crippen LogP contribution in [0.5, 0.6) is 0 Å².